The van der Waals surface area contributed by atoms with Gasteiger partial charge in [0.15, 0.2) is 0 Å². The number of fused-ring (bicyclic) bond motifs is 1. The molecule has 3 aromatic rings. The maximum absolute atomic E-state index is 12.7. The first-order chi connectivity index (χ1) is 13.1. The van der Waals surface area contributed by atoms with Crippen molar-refractivity contribution in [2.24, 2.45) is 5.73 Å². The van der Waals surface area contributed by atoms with Crippen LogP contribution in [0.1, 0.15) is 32.5 Å². The quantitative estimate of drug-likeness (QED) is 0.768. The average Bonchev–Trinajstić information content (AvgIpc) is 2.73. The number of para-hydroxylation sites is 1. The Balaban J connectivity index is 1.65. The number of amides is 2. The number of carbonyl (C=O) groups is 2. The van der Waals surface area contributed by atoms with Crippen LogP contribution in [0.3, 0.4) is 0 Å². The molecule has 0 radical (unpaired) electrons. The van der Waals surface area contributed by atoms with Crippen LogP contribution in [-0.2, 0) is 4.74 Å². The molecule has 1 fully saturated rings. The van der Waals surface area contributed by atoms with E-state index in [2.05, 4.69) is 9.97 Å². The minimum atomic E-state index is -0.518. The highest BCUT2D eigenvalue weighted by Crippen LogP contribution is 2.26. The number of ether oxygens (including phenoxy) is 1. The molecule has 2 amide bonds. The van der Waals surface area contributed by atoms with Gasteiger partial charge in [-0.25, -0.2) is 4.98 Å². The van der Waals surface area contributed by atoms with Crippen molar-refractivity contribution in [1.82, 2.24) is 14.9 Å². The Kier molecular flexibility index (Phi) is 4.52. The molecular weight excluding hydrogens is 344 g/mol. The van der Waals surface area contributed by atoms with Crippen LogP contribution in [0.5, 0.6) is 0 Å². The summed E-state index contributed by atoms with van der Waals surface area (Å²) in [5, 5.41) is 0.703. The summed E-state index contributed by atoms with van der Waals surface area (Å²) in [7, 11) is 0. The molecule has 0 spiro atoms. The Bertz CT molecular complexity index is 1010. The molecule has 1 atom stereocenters. The van der Waals surface area contributed by atoms with Gasteiger partial charge in [0, 0.05) is 29.9 Å². The molecule has 0 aliphatic carbocycles. The van der Waals surface area contributed by atoms with Crippen LogP contribution in [0, 0.1) is 0 Å². The van der Waals surface area contributed by atoms with Crippen molar-refractivity contribution >= 4 is 22.7 Å². The van der Waals surface area contributed by atoms with E-state index in [1.807, 2.05) is 24.3 Å². The van der Waals surface area contributed by atoms with Gasteiger partial charge in [-0.3, -0.25) is 14.6 Å². The number of carbonyl (C=O) groups excluding carboxylic acids is 2. The molecule has 7 heteroatoms. The Hall–Kier alpha value is -3.32. The lowest BCUT2D eigenvalue weighted by atomic mass is 10.0. The van der Waals surface area contributed by atoms with E-state index in [0.29, 0.717) is 47.4 Å². The molecule has 3 heterocycles. The second-order valence-electron chi connectivity index (χ2n) is 6.32. The smallest absolute Gasteiger partial charge is 0.254 e. The molecule has 4 rings (SSSR count). The molecule has 2 aromatic heterocycles. The van der Waals surface area contributed by atoms with E-state index in [1.54, 1.807) is 35.5 Å². The van der Waals surface area contributed by atoms with Crippen LogP contribution in [0.15, 0.2) is 54.9 Å². The number of hydrogen-bond donors (Lipinski definition) is 1. The summed E-state index contributed by atoms with van der Waals surface area (Å²) in [6.07, 6.45) is 2.76. The lowest BCUT2D eigenvalue weighted by Crippen LogP contribution is -2.42. The third-order valence-electron chi connectivity index (χ3n) is 4.61. The van der Waals surface area contributed by atoms with Crippen molar-refractivity contribution < 1.29 is 14.3 Å². The van der Waals surface area contributed by atoms with Crippen molar-refractivity contribution in [3.8, 4) is 0 Å². The van der Waals surface area contributed by atoms with Crippen LogP contribution in [0.25, 0.3) is 10.9 Å². The van der Waals surface area contributed by atoms with Gasteiger partial charge in [-0.1, -0.05) is 18.2 Å². The summed E-state index contributed by atoms with van der Waals surface area (Å²) < 4.78 is 5.84. The first kappa shape index (κ1) is 17.1. The van der Waals surface area contributed by atoms with Gasteiger partial charge in [-0.15, -0.1) is 0 Å². The number of benzene rings is 1. The van der Waals surface area contributed by atoms with Gasteiger partial charge in [0.05, 0.1) is 29.9 Å². The summed E-state index contributed by atoms with van der Waals surface area (Å²) in [5.74, 6) is -0.600. The molecule has 27 heavy (non-hydrogen) atoms. The topological polar surface area (TPSA) is 98.4 Å². The van der Waals surface area contributed by atoms with Gasteiger partial charge in [0.2, 0.25) is 5.91 Å². The minimum Gasteiger partial charge on any atom is -0.368 e. The van der Waals surface area contributed by atoms with Crippen molar-refractivity contribution in [2.75, 3.05) is 19.7 Å². The summed E-state index contributed by atoms with van der Waals surface area (Å²) >= 11 is 0. The van der Waals surface area contributed by atoms with E-state index >= 15 is 0 Å². The van der Waals surface area contributed by atoms with E-state index in [9.17, 15) is 9.59 Å². The van der Waals surface area contributed by atoms with Crippen LogP contribution in [0.2, 0.25) is 0 Å². The van der Waals surface area contributed by atoms with Gasteiger partial charge in [-0.05, 0) is 24.3 Å². The predicted octanol–water partition coefficient (Wildman–Crippen LogP) is 1.94. The first-order valence-electron chi connectivity index (χ1n) is 8.64. The predicted molar refractivity (Wildman–Crippen MR) is 99.1 cm³/mol. The molecule has 0 bridgehead atoms. The van der Waals surface area contributed by atoms with E-state index < -0.39 is 12.0 Å². The van der Waals surface area contributed by atoms with Crippen molar-refractivity contribution in [2.45, 2.75) is 6.10 Å². The van der Waals surface area contributed by atoms with Gasteiger partial charge >= 0.3 is 0 Å². The third kappa shape index (κ3) is 3.37. The molecule has 1 saturated heterocycles. The van der Waals surface area contributed by atoms with Crippen LogP contribution < -0.4 is 5.73 Å². The van der Waals surface area contributed by atoms with Crippen LogP contribution in [-0.4, -0.2) is 46.4 Å². The number of rotatable bonds is 3. The zero-order chi connectivity index (χ0) is 18.8. The fourth-order valence-corrected chi connectivity index (χ4v) is 3.25. The zero-order valence-corrected chi connectivity index (χ0v) is 14.5. The van der Waals surface area contributed by atoms with Gasteiger partial charge in [-0.2, -0.15) is 0 Å². The van der Waals surface area contributed by atoms with E-state index in [1.165, 1.54) is 0 Å². The van der Waals surface area contributed by atoms with Gasteiger partial charge in [0.1, 0.15) is 6.10 Å². The second-order valence-corrected chi connectivity index (χ2v) is 6.32. The number of nitrogens with two attached hydrogens (primary N) is 1. The Labute approximate surface area is 155 Å². The van der Waals surface area contributed by atoms with E-state index in [4.69, 9.17) is 10.5 Å². The molecule has 1 aliphatic rings. The lowest BCUT2D eigenvalue weighted by molar-refractivity contribution is -0.0246. The molecule has 1 unspecified atom stereocenters. The highest BCUT2D eigenvalue weighted by atomic mass is 16.5. The SMILES string of the molecule is NC(=O)c1cc(C2CN(C(=O)c3ccncc3)CCO2)nc2ccccc12. The van der Waals surface area contributed by atoms with E-state index in [0.717, 1.165) is 0 Å². The summed E-state index contributed by atoms with van der Waals surface area (Å²) in [4.78, 5) is 34.9. The number of primary amides is 1. The lowest BCUT2D eigenvalue weighted by Gasteiger charge is -2.33. The fourth-order valence-electron chi connectivity index (χ4n) is 3.25. The molecule has 136 valence electrons. The number of pyridine rings is 2. The van der Waals surface area contributed by atoms with Crippen LogP contribution >= 0.6 is 0 Å². The Morgan fingerprint density at radius 3 is 2.70 bits per heavy atom. The Morgan fingerprint density at radius 2 is 1.93 bits per heavy atom. The zero-order valence-electron chi connectivity index (χ0n) is 14.5. The number of morpholine rings is 1. The molecule has 2 N–H and O–H groups in total. The maximum atomic E-state index is 12.7. The minimum absolute atomic E-state index is 0.0818. The highest BCUT2D eigenvalue weighted by Gasteiger charge is 2.28. The number of nitrogens with zero attached hydrogens (tertiary/aromatic N) is 3. The van der Waals surface area contributed by atoms with Crippen molar-refractivity contribution in [3.63, 3.8) is 0 Å². The normalized spacial score (nSPS) is 17.0. The van der Waals surface area contributed by atoms with Gasteiger partial charge < -0.3 is 15.4 Å². The van der Waals surface area contributed by atoms with Gasteiger partial charge in [0.25, 0.3) is 5.91 Å². The third-order valence-corrected chi connectivity index (χ3v) is 4.61. The largest absolute Gasteiger partial charge is 0.368 e. The monoisotopic (exact) mass is 362 g/mol. The standard InChI is InChI=1S/C20H18N4O3/c21-19(25)15-11-17(23-16-4-2-1-3-14(15)16)18-12-24(9-10-27-18)20(26)13-5-7-22-8-6-13/h1-8,11,18H,9-10,12H2,(H2,21,25). The molecule has 1 aromatic carbocycles. The summed E-state index contributed by atoms with van der Waals surface area (Å²) in [6, 6.07) is 12.4. The molecule has 7 nitrogen and oxygen atoms in total. The fraction of sp³-hybridized carbons (Fsp3) is 0.200. The molecule has 1 aliphatic heterocycles. The highest BCUT2D eigenvalue weighted by molar-refractivity contribution is 6.05. The van der Waals surface area contributed by atoms with Crippen LogP contribution in [0.4, 0.5) is 0 Å². The maximum Gasteiger partial charge on any atom is 0.254 e. The Morgan fingerprint density at radius 1 is 1.15 bits per heavy atom. The van der Waals surface area contributed by atoms with Crippen molar-refractivity contribution in [1.29, 1.82) is 0 Å². The average molecular weight is 362 g/mol. The number of hydrogen-bond acceptors (Lipinski definition) is 5. The molecular formula is C20H18N4O3. The van der Waals surface area contributed by atoms with E-state index in [-0.39, 0.29) is 5.91 Å². The first-order valence-corrected chi connectivity index (χ1v) is 8.64. The summed E-state index contributed by atoms with van der Waals surface area (Å²) in [6.45, 7) is 1.24. The number of aromatic nitrogens is 2. The summed E-state index contributed by atoms with van der Waals surface area (Å²) in [5.41, 5.74) is 7.79. The van der Waals surface area contributed by atoms with Crippen molar-refractivity contribution in [3.05, 3.63) is 71.7 Å². The second kappa shape index (κ2) is 7.13. The molecule has 0 saturated carbocycles.